The number of pyridine rings is 1. The van der Waals surface area contributed by atoms with Gasteiger partial charge in [-0.05, 0) is 50.7 Å². The molecule has 0 saturated heterocycles. The minimum atomic E-state index is -0.391. The number of carbonyl (C=O) groups excluding carboxylic acids is 1. The molecule has 4 nitrogen and oxygen atoms in total. The van der Waals surface area contributed by atoms with Crippen LogP contribution in [0.25, 0.3) is 0 Å². The third-order valence-corrected chi connectivity index (χ3v) is 4.27. The van der Waals surface area contributed by atoms with Gasteiger partial charge in [0.15, 0.2) is 0 Å². The fourth-order valence-corrected chi connectivity index (χ4v) is 2.64. The largest absolute Gasteiger partial charge is 0.329 e. The summed E-state index contributed by atoms with van der Waals surface area (Å²) in [6.07, 6.45) is 5.63. The molecule has 0 radical (unpaired) electrons. The first kappa shape index (κ1) is 14.0. The highest BCUT2D eigenvalue weighted by atomic mass is 16.2. The second-order valence-electron chi connectivity index (χ2n) is 5.81. The molecule has 4 heteroatoms. The first-order chi connectivity index (χ1) is 9.05. The average Bonchev–Trinajstić information content (AvgIpc) is 2.42. The van der Waals surface area contributed by atoms with Crippen molar-refractivity contribution in [2.75, 3.05) is 11.9 Å². The van der Waals surface area contributed by atoms with Crippen LogP contribution in [0, 0.1) is 18.3 Å². The molecular formula is C15H23N3O. The van der Waals surface area contributed by atoms with Gasteiger partial charge in [-0.25, -0.2) is 0 Å². The fraction of sp³-hybridized carbons (Fsp3) is 0.600. The highest BCUT2D eigenvalue weighted by molar-refractivity contribution is 5.95. The lowest BCUT2D eigenvalue weighted by Gasteiger charge is -2.37. The molecule has 0 atom stereocenters. The molecule has 1 saturated carbocycles. The number of rotatable bonds is 3. The van der Waals surface area contributed by atoms with Gasteiger partial charge in [0.05, 0.1) is 17.3 Å². The van der Waals surface area contributed by atoms with Crippen LogP contribution in [-0.4, -0.2) is 17.4 Å². The summed E-state index contributed by atoms with van der Waals surface area (Å²) >= 11 is 0. The number of hydrogen-bond acceptors (Lipinski definition) is 3. The van der Waals surface area contributed by atoms with Crippen molar-refractivity contribution < 1.29 is 4.79 Å². The van der Waals surface area contributed by atoms with Crippen molar-refractivity contribution in [3.63, 3.8) is 0 Å². The fourth-order valence-electron chi connectivity index (χ4n) is 2.64. The van der Waals surface area contributed by atoms with Crippen molar-refractivity contribution >= 4 is 11.6 Å². The predicted octanol–water partition coefficient (Wildman–Crippen LogP) is 2.48. The Morgan fingerprint density at radius 3 is 2.68 bits per heavy atom. The second kappa shape index (κ2) is 5.70. The Kier molecular flexibility index (Phi) is 4.20. The maximum Gasteiger partial charge on any atom is 0.231 e. The van der Waals surface area contributed by atoms with Crippen molar-refractivity contribution in [2.24, 2.45) is 17.1 Å². The summed E-state index contributed by atoms with van der Waals surface area (Å²) in [6.45, 7) is 4.59. The maximum absolute atomic E-state index is 12.5. The monoisotopic (exact) mass is 261 g/mol. The van der Waals surface area contributed by atoms with E-state index >= 15 is 0 Å². The van der Waals surface area contributed by atoms with Gasteiger partial charge in [0.2, 0.25) is 5.91 Å². The lowest BCUT2D eigenvalue weighted by atomic mass is 9.70. The number of nitrogens with zero attached hydrogens (tertiary/aromatic N) is 1. The van der Waals surface area contributed by atoms with E-state index in [4.69, 9.17) is 5.73 Å². The van der Waals surface area contributed by atoms with Gasteiger partial charge in [-0.2, -0.15) is 0 Å². The summed E-state index contributed by atoms with van der Waals surface area (Å²) < 4.78 is 0. The SMILES string of the molecule is Cc1ccc(NC(=O)C2(CN)CCC(C)CC2)cn1. The van der Waals surface area contributed by atoms with Crippen LogP contribution in [-0.2, 0) is 4.79 Å². The van der Waals surface area contributed by atoms with Gasteiger partial charge >= 0.3 is 0 Å². The standard InChI is InChI=1S/C15H23N3O/c1-11-5-7-15(10-16,8-6-11)14(19)18-13-4-3-12(2)17-9-13/h3-4,9,11H,5-8,10,16H2,1-2H3,(H,18,19). The van der Waals surface area contributed by atoms with Crippen LogP contribution in [0.15, 0.2) is 18.3 Å². The summed E-state index contributed by atoms with van der Waals surface area (Å²) in [7, 11) is 0. The Bertz CT molecular complexity index is 433. The Labute approximate surface area is 114 Å². The van der Waals surface area contributed by atoms with E-state index in [-0.39, 0.29) is 5.91 Å². The van der Waals surface area contributed by atoms with Crippen LogP contribution in [0.4, 0.5) is 5.69 Å². The molecule has 0 spiro atoms. The number of nitrogens with one attached hydrogen (secondary N) is 1. The zero-order chi connectivity index (χ0) is 13.9. The molecule has 1 fully saturated rings. The first-order valence-corrected chi connectivity index (χ1v) is 7.00. The van der Waals surface area contributed by atoms with E-state index in [0.717, 1.165) is 37.1 Å². The van der Waals surface area contributed by atoms with Crippen LogP contribution >= 0.6 is 0 Å². The Balaban J connectivity index is 2.06. The summed E-state index contributed by atoms with van der Waals surface area (Å²) in [6, 6.07) is 3.78. The number of anilines is 1. The van der Waals surface area contributed by atoms with Crippen molar-refractivity contribution in [3.8, 4) is 0 Å². The van der Waals surface area contributed by atoms with E-state index in [0.29, 0.717) is 12.5 Å². The van der Waals surface area contributed by atoms with Crippen LogP contribution < -0.4 is 11.1 Å². The van der Waals surface area contributed by atoms with Crippen molar-refractivity contribution in [3.05, 3.63) is 24.0 Å². The van der Waals surface area contributed by atoms with Gasteiger partial charge in [0.1, 0.15) is 0 Å². The molecule has 2 rings (SSSR count). The lowest BCUT2D eigenvalue weighted by molar-refractivity contribution is -0.127. The van der Waals surface area contributed by atoms with E-state index in [1.807, 2.05) is 19.1 Å². The molecule has 104 valence electrons. The highest BCUT2D eigenvalue weighted by Crippen LogP contribution is 2.38. The van der Waals surface area contributed by atoms with Crippen LogP contribution in [0.3, 0.4) is 0 Å². The Hall–Kier alpha value is -1.42. The van der Waals surface area contributed by atoms with E-state index in [1.165, 1.54) is 0 Å². The van der Waals surface area contributed by atoms with Gasteiger partial charge in [0, 0.05) is 12.2 Å². The zero-order valence-electron chi connectivity index (χ0n) is 11.8. The molecule has 1 aliphatic rings. The summed E-state index contributed by atoms with van der Waals surface area (Å²) in [4.78, 5) is 16.7. The van der Waals surface area contributed by atoms with Crippen LogP contribution in [0.5, 0.6) is 0 Å². The molecular weight excluding hydrogens is 238 g/mol. The first-order valence-electron chi connectivity index (χ1n) is 7.00. The molecule has 0 aromatic carbocycles. The maximum atomic E-state index is 12.5. The van der Waals surface area contributed by atoms with Crippen molar-refractivity contribution in [1.29, 1.82) is 0 Å². The summed E-state index contributed by atoms with van der Waals surface area (Å²) in [5, 5.41) is 2.96. The van der Waals surface area contributed by atoms with Crippen molar-refractivity contribution in [2.45, 2.75) is 39.5 Å². The Morgan fingerprint density at radius 2 is 2.16 bits per heavy atom. The smallest absolute Gasteiger partial charge is 0.231 e. The lowest BCUT2D eigenvalue weighted by Crippen LogP contribution is -2.44. The topological polar surface area (TPSA) is 68.0 Å². The predicted molar refractivity (Wildman–Crippen MR) is 76.7 cm³/mol. The number of aromatic nitrogens is 1. The molecule has 0 bridgehead atoms. The highest BCUT2D eigenvalue weighted by Gasteiger charge is 2.39. The third-order valence-electron chi connectivity index (χ3n) is 4.27. The molecule has 1 aliphatic carbocycles. The number of aryl methyl sites for hydroxylation is 1. The van der Waals surface area contributed by atoms with Gasteiger partial charge in [-0.3, -0.25) is 9.78 Å². The molecule has 1 aromatic heterocycles. The normalized spacial score (nSPS) is 27.0. The van der Waals surface area contributed by atoms with Gasteiger partial charge < -0.3 is 11.1 Å². The Morgan fingerprint density at radius 1 is 1.47 bits per heavy atom. The van der Waals surface area contributed by atoms with Gasteiger partial charge in [0.25, 0.3) is 0 Å². The average molecular weight is 261 g/mol. The molecule has 1 amide bonds. The summed E-state index contributed by atoms with van der Waals surface area (Å²) in [5.41, 5.74) is 7.19. The molecule has 1 heterocycles. The third kappa shape index (κ3) is 3.13. The molecule has 0 unspecified atom stereocenters. The molecule has 1 aromatic rings. The van der Waals surface area contributed by atoms with E-state index in [1.54, 1.807) is 6.20 Å². The number of hydrogen-bond donors (Lipinski definition) is 2. The quantitative estimate of drug-likeness (QED) is 0.878. The van der Waals surface area contributed by atoms with E-state index in [9.17, 15) is 4.79 Å². The number of carbonyl (C=O) groups is 1. The second-order valence-corrected chi connectivity index (χ2v) is 5.81. The van der Waals surface area contributed by atoms with Crippen LogP contribution in [0.2, 0.25) is 0 Å². The number of amides is 1. The summed E-state index contributed by atoms with van der Waals surface area (Å²) in [5.74, 6) is 0.751. The molecule has 0 aliphatic heterocycles. The van der Waals surface area contributed by atoms with Crippen molar-refractivity contribution in [1.82, 2.24) is 4.98 Å². The van der Waals surface area contributed by atoms with Gasteiger partial charge in [-0.15, -0.1) is 0 Å². The minimum absolute atomic E-state index is 0.0487. The zero-order valence-corrected chi connectivity index (χ0v) is 11.8. The molecule has 3 N–H and O–H groups in total. The molecule has 19 heavy (non-hydrogen) atoms. The number of nitrogens with two attached hydrogens (primary N) is 1. The van der Waals surface area contributed by atoms with Gasteiger partial charge in [-0.1, -0.05) is 6.92 Å². The van der Waals surface area contributed by atoms with Crippen LogP contribution in [0.1, 0.15) is 38.3 Å². The van der Waals surface area contributed by atoms with E-state index in [2.05, 4.69) is 17.2 Å². The minimum Gasteiger partial charge on any atom is -0.329 e. The van der Waals surface area contributed by atoms with E-state index < -0.39 is 5.41 Å².